The molecule has 154 valence electrons. The minimum Gasteiger partial charge on any atom is -0.467 e. The largest absolute Gasteiger partial charge is 0.467 e. The van der Waals surface area contributed by atoms with Gasteiger partial charge in [-0.25, -0.2) is 4.99 Å². The van der Waals surface area contributed by atoms with Crippen LogP contribution in [0, 0.1) is 0 Å². The van der Waals surface area contributed by atoms with Crippen LogP contribution in [0.25, 0.3) is 0 Å². The van der Waals surface area contributed by atoms with E-state index >= 15 is 0 Å². The van der Waals surface area contributed by atoms with E-state index in [1.807, 2.05) is 44.2 Å². The van der Waals surface area contributed by atoms with Gasteiger partial charge in [0, 0.05) is 24.3 Å². The molecule has 0 bridgehead atoms. The average molecular weight is 387 g/mol. The first-order chi connectivity index (χ1) is 13.8. The lowest BCUT2D eigenvalue weighted by Crippen LogP contribution is -2.24. The predicted octanol–water partition coefficient (Wildman–Crippen LogP) is 6.44. The first-order valence-electron chi connectivity index (χ1n) is 10.3. The van der Waals surface area contributed by atoms with Crippen molar-refractivity contribution in [1.82, 2.24) is 0 Å². The van der Waals surface area contributed by atoms with Crippen molar-refractivity contribution in [2.75, 3.05) is 31.7 Å². The summed E-state index contributed by atoms with van der Waals surface area (Å²) in [7, 11) is 0.500. The zero-order chi connectivity index (χ0) is 20.8. The maximum atomic E-state index is 9.50. The number of alkyl halides is 1. The number of ether oxygens (including phenoxy) is 1. The Balaban J connectivity index is 0.000000921. The van der Waals surface area contributed by atoms with Crippen LogP contribution in [0.5, 0.6) is 0 Å². The maximum Gasteiger partial charge on any atom is 0.216 e. The fraction of sp³-hybridized carbons (Fsp3) is 0.458. The lowest BCUT2D eigenvalue weighted by atomic mass is 10.1. The number of aliphatic imine (C=N–C) groups is 1. The van der Waals surface area contributed by atoms with E-state index in [4.69, 9.17) is 4.74 Å². The van der Waals surface area contributed by atoms with Gasteiger partial charge in [0.25, 0.3) is 0 Å². The molecule has 28 heavy (non-hydrogen) atoms. The Morgan fingerprint density at radius 1 is 0.929 bits per heavy atom. The van der Waals surface area contributed by atoms with Crippen LogP contribution in [0.4, 0.5) is 10.1 Å². The van der Waals surface area contributed by atoms with E-state index < -0.39 is 0 Å². The number of benzene rings is 2. The van der Waals surface area contributed by atoms with Gasteiger partial charge in [-0.1, -0.05) is 58.0 Å². The normalized spacial score (nSPS) is 14.6. The third-order valence-electron chi connectivity index (χ3n) is 4.29. The quantitative estimate of drug-likeness (QED) is 0.547. The molecule has 1 heterocycles. The topological polar surface area (TPSA) is 24.8 Å². The van der Waals surface area contributed by atoms with E-state index in [-0.39, 0.29) is 6.10 Å². The van der Waals surface area contributed by atoms with E-state index in [0.29, 0.717) is 13.7 Å². The summed E-state index contributed by atoms with van der Waals surface area (Å²) in [6, 6.07) is 18.9. The Morgan fingerprint density at radius 2 is 1.50 bits per heavy atom. The number of anilines is 1. The molecule has 3 nitrogen and oxygen atoms in total. The second kappa shape index (κ2) is 13.8. The zero-order valence-corrected chi connectivity index (χ0v) is 18.0. The molecule has 2 aromatic rings. The third kappa shape index (κ3) is 6.66. The highest BCUT2D eigenvalue weighted by Gasteiger charge is 2.22. The Bertz CT molecular complexity index is 665. The minimum atomic E-state index is 0.0278. The van der Waals surface area contributed by atoms with Crippen LogP contribution in [-0.2, 0) is 4.74 Å². The average Bonchev–Trinajstić information content (AvgIpc) is 3.28. The number of nitrogens with zero attached hydrogens (tertiary/aromatic N) is 2. The van der Waals surface area contributed by atoms with Crippen LogP contribution in [0.2, 0.25) is 0 Å². The summed E-state index contributed by atoms with van der Waals surface area (Å²) in [5, 5.41) is 0. The second-order valence-corrected chi connectivity index (χ2v) is 6.20. The van der Waals surface area contributed by atoms with E-state index in [9.17, 15) is 4.39 Å². The molecule has 0 fully saturated rings. The van der Waals surface area contributed by atoms with Crippen LogP contribution in [0.15, 0.2) is 59.6 Å². The van der Waals surface area contributed by atoms with Crippen molar-refractivity contribution >= 4 is 11.6 Å². The summed E-state index contributed by atoms with van der Waals surface area (Å²) in [4.78, 5) is 7.01. The fourth-order valence-corrected chi connectivity index (χ4v) is 3.10. The van der Waals surface area contributed by atoms with Gasteiger partial charge >= 0.3 is 0 Å². The number of hydrogen-bond donors (Lipinski definition) is 0. The minimum absolute atomic E-state index is 0.0278. The van der Waals surface area contributed by atoms with Gasteiger partial charge in [0.2, 0.25) is 5.90 Å². The smallest absolute Gasteiger partial charge is 0.216 e. The molecule has 0 radical (unpaired) electrons. The monoisotopic (exact) mass is 386 g/mol. The highest BCUT2D eigenvalue weighted by molar-refractivity contribution is 5.95. The molecule has 0 amide bonds. The number of hydrogen-bond acceptors (Lipinski definition) is 3. The summed E-state index contributed by atoms with van der Waals surface area (Å²) in [6.07, 6.45) is 2.36. The van der Waals surface area contributed by atoms with E-state index in [1.54, 1.807) is 0 Å². The summed E-state index contributed by atoms with van der Waals surface area (Å²) in [6.45, 7) is 11.4. The van der Waals surface area contributed by atoms with Crippen molar-refractivity contribution in [2.24, 2.45) is 4.99 Å². The van der Waals surface area contributed by atoms with Crippen molar-refractivity contribution in [2.45, 2.75) is 46.6 Å². The van der Waals surface area contributed by atoms with Crippen molar-refractivity contribution in [3.8, 4) is 0 Å². The summed E-state index contributed by atoms with van der Waals surface area (Å²) >= 11 is 0. The van der Waals surface area contributed by atoms with Crippen LogP contribution < -0.4 is 4.90 Å². The van der Waals surface area contributed by atoms with Gasteiger partial charge in [0.05, 0.1) is 13.7 Å². The Morgan fingerprint density at radius 3 is 2.04 bits per heavy atom. The first-order valence-corrected chi connectivity index (χ1v) is 10.3. The first kappa shape index (κ1) is 23.7. The highest BCUT2D eigenvalue weighted by Crippen LogP contribution is 2.27. The molecular formula is C24H35FN2O. The zero-order valence-electron chi connectivity index (χ0n) is 18.0. The number of halogens is 1. The standard InChI is InChI=1S/C21H26N2O.C2H6.CH3F/c1-3-14-23(15-4-2)19-12-10-17(11-13-19)20-16-22-21(24-20)18-8-6-5-7-9-18;2*1-2/h5-13,20H,3-4,14-16H2,1-2H3;1-2H3;1H3. The second-order valence-electron chi connectivity index (χ2n) is 6.20. The maximum absolute atomic E-state index is 9.50. The summed E-state index contributed by atoms with van der Waals surface area (Å²) < 4.78 is 15.6. The summed E-state index contributed by atoms with van der Waals surface area (Å²) in [5.41, 5.74) is 3.54. The van der Waals surface area contributed by atoms with Gasteiger partial charge in [-0.3, -0.25) is 4.39 Å². The Hall–Kier alpha value is -2.36. The van der Waals surface area contributed by atoms with Gasteiger partial charge in [-0.2, -0.15) is 0 Å². The Kier molecular flexibility index (Phi) is 11.6. The van der Waals surface area contributed by atoms with Crippen LogP contribution in [0.3, 0.4) is 0 Å². The van der Waals surface area contributed by atoms with Gasteiger partial charge in [0.1, 0.15) is 6.10 Å². The van der Waals surface area contributed by atoms with E-state index in [0.717, 1.165) is 24.6 Å². The van der Waals surface area contributed by atoms with Crippen LogP contribution in [0.1, 0.15) is 57.8 Å². The molecule has 2 aromatic carbocycles. The van der Waals surface area contributed by atoms with E-state index in [1.165, 1.54) is 24.1 Å². The van der Waals surface area contributed by atoms with Crippen molar-refractivity contribution in [3.63, 3.8) is 0 Å². The molecule has 1 aliphatic heterocycles. The molecule has 0 aliphatic carbocycles. The van der Waals surface area contributed by atoms with Gasteiger partial charge < -0.3 is 9.64 Å². The fourth-order valence-electron chi connectivity index (χ4n) is 3.10. The molecule has 1 atom stereocenters. The predicted molar refractivity (Wildman–Crippen MR) is 119 cm³/mol. The van der Waals surface area contributed by atoms with Crippen molar-refractivity contribution in [1.29, 1.82) is 0 Å². The van der Waals surface area contributed by atoms with Crippen LogP contribution >= 0.6 is 0 Å². The molecule has 1 unspecified atom stereocenters. The van der Waals surface area contributed by atoms with E-state index in [2.05, 4.69) is 48.0 Å². The van der Waals surface area contributed by atoms with Crippen molar-refractivity contribution in [3.05, 3.63) is 65.7 Å². The third-order valence-corrected chi connectivity index (χ3v) is 4.29. The molecule has 3 rings (SSSR count). The SMILES string of the molecule is CC.CCCN(CCC)c1ccc(C2CN=C(c3ccccc3)O2)cc1.CF. The number of rotatable bonds is 7. The Labute approximate surface area is 170 Å². The molecule has 0 N–H and O–H groups in total. The molecule has 0 saturated carbocycles. The molecule has 0 spiro atoms. The molecule has 0 aromatic heterocycles. The van der Waals surface area contributed by atoms with Crippen molar-refractivity contribution < 1.29 is 9.13 Å². The van der Waals surface area contributed by atoms with Gasteiger partial charge in [-0.15, -0.1) is 0 Å². The molecule has 0 saturated heterocycles. The van der Waals surface area contributed by atoms with Gasteiger partial charge in [-0.05, 0) is 42.7 Å². The van der Waals surface area contributed by atoms with Crippen LogP contribution in [-0.4, -0.2) is 32.7 Å². The van der Waals surface area contributed by atoms with Gasteiger partial charge in [0.15, 0.2) is 0 Å². The lowest BCUT2D eigenvalue weighted by Gasteiger charge is -2.24. The molecule has 4 heteroatoms. The highest BCUT2D eigenvalue weighted by atomic mass is 19.1. The molecular weight excluding hydrogens is 351 g/mol. The lowest BCUT2D eigenvalue weighted by molar-refractivity contribution is 0.230. The summed E-state index contributed by atoms with van der Waals surface area (Å²) in [5.74, 6) is 0.753. The molecule has 1 aliphatic rings.